The first-order valence-electron chi connectivity index (χ1n) is 7.09. The van der Waals surface area contributed by atoms with Crippen molar-refractivity contribution < 1.29 is 14.7 Å². The third kappa shape index (κ3) is 5.46. The molecule has 1 rings (SSSR count). The van der Waals surface area contributed by atoms with Crippen molar-refractivity contribution in [3.63, 3.8) is 0 Å². The van der Waals surface area contributed by atoms with Crippen LogP contribution in [0.4, 0.5) is 4.79 Å². The molecule has 0 aromatic rings. The van der Waals surface area contributed by atoms with Crippen LogP contribution in [0.15, 0.2) is 0 Å². The summed E-state index contributed by atoms with van der Waals surface area (Å²) in [7, 11) is 0. The van der Waals surface area contributed by atoms with Crippen LogP contribution in [-0.4, -0.2) is 53.7 Å². The highest BCUT2D eigenvalue weighted by Crippen LogP contribution is 2.09. The Morgan fingerprint density at radius 2 is 2.16 bits per heavy atom. The Morgan fingerprint density at radius 3 is 2.74 bits per heavy atom. The third-order valence-electron chi connectivity index (χ3n) is 3.47. The van der Waals surface area contributed by atoms with E-state index in [1.807, 2.05) is 6.92 Å². The fourth-order valence-corrected chi connectivity index (χ4v) is 2.39. The number of carboxylic acids is 1. The molecule has 1 aliphatic heterocycles. The zero-order chi connectivity index (χ0) is 14.3. The van der Waals surface area contributed by atoms with Crippen molar-refractivity contribution in [3.05, 3.63) is 0 Å². The van der Waals surface area contributed by atoms with Crippen LogP contribution in [-0.2, 0) is 4.79 Å². The van der Waals surface area contributed by atoms with Gasteiger partial charge in [0, 0.05) is 12.6 Å². The van der Waals surface area contributed by atoms with Gasteiger partial charge in [0.25, 0.3) is 0 Å². The predicted molar refractivity (Wildman–Crippen MR) is 73.1 cm³/mol. The molecule has 2 amide bonds. The van der Waals surface area contributed by atoms with Gasteiger partial charge in [0.15, 0.2) is 0 Å². The second-order valence-corrected chi connectivity index (χ2v) is 5.03. The lowest BCUT2D eigenvalue weighted by molar-refractivity contribution is -0.139. The monoisotopic (exact) mass is 271 g/mol. The molecule has 0 aliphatic carbocycles. The molecule has 1 heterocycles. The lowest BCUT2D eigenvalue weighted by Crippen LogP contribution is -2.53. The van der Waals surface area contributed by atoms with E-state index in [-0.39, 0.29) is 12.1 Å². The van der Waals surface area contributed by atoms with Crippen LogP contribution in [0.25, 0.3) is 0 Å². The van der Waals surface area contributed by atoms with Crippen LogP contribution in [0.5, 0.6) is 0 Å². The number of rotatable bonds is 6. The smallest absolute Gasteiger partial charge is 0.326 e. The largest absolute Gasteiger partial charge is 0.480 e. The van der Waals surface area contributed by atoms with E-state index < -0.39 is 12.0 Å². The summed E-state index contributed by atoms with van der Waals surface area (Å²) in [6.07, 6.45) is 3.20. The number of urea groups is 1. The molecule has 6 heteroatoms. The van der Waals surface area contributed by atoms with Gasteiger partial charge in [-0.1, -0.05) is 20.3 Å². The number of nitrogens with zero attached hydrogens (tertiary/aromatic N) is 1. The average Bonchev–Trinajstić information content (AvgIpc) is 2.38. The summed E-state index contributed by atoms with van der Waals surface area (Å²) < 4.78 is 0. The van der Waals surface area contributed by atoms with E-state index >= 15 is 0 Å². The van der Waals surface area contributed by atoms with Crippen molar-refractivity contribution in [2.45, 2.75) is 51.6 Å². The number of piperidine rings is 1. The number of amides is 2. The number of aliphatic carboxylic acids is 1. The van der Waals surface area contributed by atoms with Crippen LogP contribution in [0.1, 0.15) is 39.5 Å². The van der Waals surface area contributed by atoms with Gasteiger partial charge in [-0.05, 0) is 32.4 Å². The van der Waals surface area contributed by atoms with Gasteiger partial charge >= 0.3 is 12.0 Å². The van der Waals surface area contributed by atoms with Gasteiger partial charge in [0.05, 0.1) is 0 Å². The number of carbonyl (C=O) groups excluding carboxylic acids is 1. The molecule has 2 atom stereocenters. The van der Waals surface area contributed by atoms with Crippen molar-refractivity contribution in [1.29, 1.82) is 0 Å². The number of likely N-dealkylation sites (N-methyl/N-ethyl adjacent to an activating group) is 1. The van der Waals surface area contributed by atoms with E-state index in [2.05, 4.69) is 22.5 Å². The molecular formula is C13H25N3O3. The minimum atomic E-state index is -0.976. The fourth-order valence-electron chi connectivity index (χ4n) is 2.39. The first-order chi connectivity index (χ1) is 9.06. The molecule has 0 aromatic carbocycles. The summed E-state index contributed by atoms with van der Waals surface area (Å²) in [5.74, 6) is -0.976. The molecule has 0 radical (unpaired) electrons. The number of carbonyl (C=O) groups is 2. The molecule has 1 unspecified atom stereocenters. The Hall–Kier alpha value is -1.30. The molecular weight excluding hydrogens is 246 g/mol. The quantitative estimate of drug-likeness (QED) is 0.674. The highest BCUT2D eigenvalue weighted by molar-refractivity contribution is 5.82. The van der Waals surface area contributed by atoms with Gasteiger partial charge in [-0.3, -0.25) is 0 Å². The van der Waals surface area contributed by atoms with Crippen molar-refractivity contribution in [3.8, 4) is 0 Å². The first kappa shape index (κ1) is 15.8. The fraction of sp³-hybridized carbons (Fsp3) is 0.846. The highest BCUT2D eigenvalue weighted by Gasteiger charge is 2.23. The van der Waals surface area contributed by atoms with Crippen molar-refractivity contribution in [2.24, 2.45) is 0 Å². The van der Waals surface area contributed by atoms with Gasteiger partial charge in [-0.25, -0.2) is 9.59 Å². The van der Waals surface area contributed by atoms with Gasteiger partial charge in [0.1, 0.15) is 6.04 Å². The molecule has 0 saturated carbocycles. The van der Waals surface area contributed by atoms with Crippen LogP contribution in [0, 0.1) is 0 Å². The molecule has 19 heavy (non-hydrogen) atoms. The second kappa shape index (κ2) is 7.99. The first-order valence-corrected chi connectivity index (χ1v) is 7.09. The Balaban J connectivity index is 2.39. The Morgan fingerprint density at radius 1 is 1.42 bits per heavy atom. The average molecular weight is 271 g/mol. The molecule has 0 bridgehead atoms. The maximum atomic E-state index is 11.8. The van der Waals surface area contributed by atoms with Gasteiger partial charge in [0.2, 0.25) is 0 Å². The Kier molecular flexibility index (Phi) is 6.62. The maximum absolute atomic E-state index is 11.8. The summed E-state index contributed by atoms with van der Waals surface area (Å²) >= 11 is 0. The van der Waals surface area contributed by atoms with Crippen molar-refractivity contribution >= 4 is 12.0 Å². The topological polar surface area (TPSA) is 81.7 Å². The number of hydrogen-bond donors (Lipinski definition) is 3. The van der Waals surface area contributed by atoms with E-state index in [0.717, 1.165) is 38.9 Å². The van der Waals surface area contributed by atoms with Crippen LogP contribution in [0.2, 0.25) is 0 Å². The number of nitrogens with one attached hydrogen (secondary N) is 2. The summed E-state index contributed by atoms with van der Waals surface area (Å²) in [5, 5.41) is 14.4. The summed E-state index contributed by atoms with van der Waals surface area (Å²) in [6, 6.07) is -1.05. The second-order valence-electron chi connectivity index (χ2n) is 5.03. The van der Waals surface area contributed by atoms with Crippen molar-refractivity contribution in [2.75, 3.05) is 19.6 Å². The minimum absolute atomic E-state index is 0.116. The molecule has 110 valence electrons. The molecule has 3 N–H and O–H groups in total. The van der Waals surface area contributed by atoms with E-state index in [9.17, 15) is 9.59 Å². The molecule has 1 fully saturated rings. The third-order valence-corrected chi connectivity index (χ3v) is 3.47. The summed E-state index contributed by atoms with van der Waals surface area (Å²) in [5.41, 5.74) is 0. The predicted octanol–water partition coefficient (Wildman–Crippen LogP) is 1.02. The summed E-state index contributed by atoms with van der Waals surface area (Å²) in [6.45, 7) is 6.90. The zero-order valence-corrected chi connectivity index (χ0v) is 11.8. The lowest BCUT2D eigenvalue weighted by atomic mass is 10.1. The van der Waals surface area contributed by atoms with Gasteiger partial charge < -0.3 is 20.6 Å². The Labute approximate surface area is 114 Å². The van der Waals surface area contributed by atoms with E-state index in [0.29, 0.717) is 6.42 Å². The van der Waals surface area contributed by atoms with E-state index in [1.165, 1.54) is 0 Å². The van der Waals surface area contributed by atoms with Crippen LogP contribution >= 0.6 is 0 Å². The van der Waals surface area contributed by atoms with E-state index in [4.69, 9.17) is 5.11 Å². The molecule has 1 saturated heterocycles. The SMILES string of the molecule is CCC[C@H](NC(=O)NC1CCCN(CC)C1)C(=O)O. The molecule has 6 nitrogen and oxygen atoms in total. The van der Waals surface area contributed by atoms with Gasteiger partial charge in [-0.15, -0.1) is 0 Å². The van der Waals surface area contributed by atoms with E-state index in [1.54, 1.807) is 0 Å². The Bertz CT molecular complexity index is 310. The number of carboxylic acid groups (broad SMARTS) is 1. The normalized spacial score (nSPS) is 21.7. The van der Waals surface area contributed by atoms with Crippen LogP contribution < -0.4 is 10.6 Å². The number of likely N-dealkylation sites (tertiary alicyclic amines) is 1. The van der Waals surface area contributed by atoms with Crippen molar-refractivity contribution in [1.82, 2.24) is 15.5 Å². The number of hydrogen-bond acceptors (Lipinski definition) is 3. The summed E-state index contributed by atoms with van der Waals surface area (Å²) in [4.78, 5) is 25.0. The zero-order valence-electron chi connectivity index (χ0n) is 11.8. The molecule has 1 aliphatic rings. The lowest BCUT2D eigenvalue weighted by Gasteiger charge is -2.32. The standard InChI is InChI=1S/C13H25N3O3/c1-3-6-11(12(17)18)15-13(19)14-10-7-5-8-16(4-2)9-10/h10-11H,3-9H2,1-2H3,(H,17,18)(H2,14,15,19)/t10?,11-/m0/s1. The highest BCUT2D eigenvalue weighted by atomic mass is 16.4. The minimum Gasteiger partial charge on any atom is -0.480 e. The molecule has 0 spiro atoms. The molecule has 0 aromatic heterocycles. The maximum Gasteiger partial charge on any atom is 0.326 e. The van der Waals surface area contributed by atoms with Crippen LogP contribution in [0.3, 0.4) is 0 Å². The van der Waals surface area contributed by atoms with Gasteiger partial charge in [-0.2, -0.15) is 0 Å².